The molecule has 4 nitrogen and oxygen atoms in total. The summed E-state index contributed by atoms with van der Waals surface area (Å²) in [5.41, 5.74) is 3.88. The van der Waals surface area contributed by atoms with E-state index in [2.05, 4.69) is 38.2 Å². The molecule has 0 saturated carbocycles. The molecule has 0 unspecified atom stereocenters. The van der Waals surface area contributed by atoms with Crippen LogP contribution in [0.3, 0.4) is 0 Å². The lowest BCUT2D eigenvalue weighted by atomic mass is 10.2. The fraction of sp³-hybridized carbons (Fsp3) is 0.444. The van der Waals surface area contributed by atoms with Crippen molar-refractivity contribution in [3.63, 3.8) is 0 Å². The number of anilines is 1. The number of aromatic nitrogens is 2. The van der Waals surface area contributed by atoms with E-state index in [1.54, 1.807) is 0 Å². The quantitative estimate of drug-likeness (QED) is 0.867. The Morgan fingerprint density at radius 3 is 2.70 bits per heavy atom. The smallest absolute Gasteiger partial charge is 0.151 e. The maximum absolute atomic E-state index is 6.07. The molecule has 1 fully saturated rings. The minimum absolute atomic E-state index is 0.814. The first kappa shape index (κ1) is 14.9. The summed E-state index contributed by atoms with van der Waals surface area (Å²) in [4.78, 5) is 4.84. The first-order valence-electron chi connectivity index (χ1n) is 8.35. The summed E-state index contributed by atoms with van der Waals surface area (Å²) in [5.74, 6) is 1.05. The largest absolute Gasteiger partial charge is 0.353 e. The zero-order valence-electron chi connectivity index (χ0n) is 13.2. The number of benzene rings is 1. The topological polar surface area (TPSA) is 32.3 Å². The molecule has 0 amide bonds. The maximum atomic E-state index is 6.07. The van der Waals surface area contributed by atoms with Crippen LogP contribution in [0.5, 0.6) is 0 Å². The van der Waals surface area contributed by atoms with Crippen LogP contribution in [0.25, 0.3) is 0 Å². The van der Waals surface area contributed by atoms with Crippen LogP contribution in [0.4, 0.5) is 5.82 Å². The Morgan fingerprint density at radius 2 is 1.87 bits per heavy atom. The monoisotopic (exact) mass is 328 g/mol. The average Bonchev–Trinajstić information content (AvgIpc) is 3.03. The van der Waals surface area contributed by atoms with Gasteiger partial charge in [0, 0.05) is 37.7 Å². The molecule has 120 valence electrons. The Hall–Kier alpha value is -1.65. The molecule has 5 heteroatoms. The van der Waals surface area contributed by atoms with Crippen LogP contribution in [-0.2, 0) is 19.4 Å². The van der Waals surface area contributed by atoms with E-state index in [0.29, 0.717) is 0 Å². The molecule has 4 rings (SSSR count). The Kier molecular flexibility index (Phi) is 4.19. The first-order chi connectivity index (χ1) is 11.3. The van der Waals surface area contributed by atoms with Crippen molar-refractivity contribution in [3.8, 4) is 0 Å². The van der Waals surface area contributed by atoms with E-state index in [-0.39, 0.29) is 0 Å². The Morgan fingerprint density at radius 1 is 1.00 bits per heavy atom. The van der Waals surface area contributed by atoms with Crippen molar-refractivity contribution in [1.82, 2.24) is 15.1 Å². The second-order valence-electron chi connectivity index (χ2n) is 6.42. The van der Waals surface area contributed by atoms with E-state index in [4.69, 9.17) is 11.6 Å². The van der Waals surface area contributed by atoms with Crippen molar-refractivity contribution in [1.29, 1.82) is 0 Å². The highest BCUT2D eigenvalue weighted by Crippen LogP contribution is 2.23. The fourth-order valence-corrected chi connectivity index (χ4v) is 3.71. The molecular weight excluding hydrogens is 308 g/mol. The van der Waals surface area contributed by atoms with Gasteiger partial charge in [0.1, 0.15) is 0 Å². The normalized spacial score (nSPS) is 18.2. The molecule has 0 spiro atoms. The molecule has 0 radical (unpaired) electrons. The lowest BCUT2D eigenvalue weighted by Crippen LogP contribution is -2.46. The second kappa shape index (κ2) is 6.46. The SMILES string of the molecule is Clc1cccc(CN2CCN(c3cc4c(nn3)CCC4)CC2)c1. The average molecular weight is 329 g/mol. The van der Waals surface area contributed by atoms with Gasteiger partial charge in [-0.3, -0.25) is 4.90 Å². The number of piperazine rings is 1. The van der Waals surface area contributed by atoms with Gasteiger partial charge in [0.25, 0.3) is 0 Å². The minimum Gasteiger partial charge on any atom is -0.353 e. The molecule has 0 N–H and O–H groups in total. The number of halogens is 1. The molecule has 2 aromatic rings. The molecular formula is C18H21ClN4. The van der Waals surface area contributed by atoms with Crippen molar-refractivity contribution >= 4 is 17.4 Å². The van der Waals surface area contributed by atoms with Crippen molar-refractivity contribution in [3.05, 3.63) is 52.2 Å². The molecule has 23 heavy (non-hydrogen) atoms. The summed E-state index contributed by atoms with van der Waals surface area (Å²) >= 11 is 6.07. The molecule has 1 aromatic heterocycles. The zero-order valence-corrected chi connectivity index (χ0v) is 14.0. The maximum Gasteiger partial charge on any atom is 0.151 e. The summed E-state index contributed by atoms with van der Waals surface area (Å²) < 4.78 is 0. The van der Waals surface area contributed by atoms with Gasteiger partial charge in [-0.1, -0.05) is 23.7 Å². The molecule has 1 aliphatic heterocycles. The number of hydrogen-bond donors (Lipinski definition) is 0. The van der Waals surface area contributed by atoms with E-state index >= 15 is 0 Å². The molecule has 2 heterocycles. The van der Waals surface area contributed by atoms with Gasteiger partial charge in [0.15, 0.2) is 5.82 Å². The highest BCUT2D eigenvalue weighted by Gasteiger charge is 2.21. The predicted octanol–water partition coefficient (Wildman–Crippen LogP) is 2.94. The Bertz CT molecular complexity index is 695. The van der Waals surface area contributed by atoms with Gasteiger partial charge in [-0.05, 0) is 48.6 Å². The van der Waals surface area contributed by atoms with Gasteiger partial charge in [-0.25, -0.2) is 0 Å². The number of fused-ring (bicyclic) bond motifs is 1. The summed E-state index contributed by atoms with van der Waals surface area (Å²) in [5, 5.41) is 9.66. The summed E-state index contributed by atoms with van der Waals surface area (Å²) in [7, 11) is 0. The molecule has 0 bridgehead atoms. The van der Waals surface area contributed by atoms with E-state index in [1.165, 1.54) is 23.2 Å². The van der Waals surface area contributed by atoms with E-state index in [1.807, 2.05) is 12.1 Å². The summed E-state index contributed by atoms with van der Waals surface area (Å²) in [6.07, 6.45) is 3.48. The van der Waals surface area contributed by atoms with Gasteiger partial charge in [0.2, 0.25) is 0 Å². The van der Waals surface area contributed by atoms with Crippen molar-refractivity contribution in [2.45, 2.75) is 25.8 Å². The van der Waals surface area contributed by atoms with Gasteiger partial charge < -0.3 is 4.90 Å². The van der Waals surface area contributed by atoms with Crippen molar-refractivity contribution < 1.29 is 0 Å². The first-order valence-corrected chi connectivity index (χ1v) is 8.73. The standard InChI is InChI=1S/C18H21ClN4/c19-16-5-1-3-14(11-16)13-22-7-9-23(10-8-22)18-12-15-4-2-6-17(15)20-21-18/h1,3,5,11-12H,2,4,6-10,13H2. The Labute approximate surface area is 142 Å². The van der Waals surface area contributed by atoms with Gasteiger partial charge in [-0.2, -0.15) is 5.10 Å². The lowest BCUT2D eigenvalue weighted by molar-refractivity contribution is 0.249. The van der Waals surface area contributed by atoms with E-state index in [9.17, 15) is 0 Å². The van der Waals surface area contributed by atoms with Crippen LogP contribution < -0.4 is 4.90 Å². The molecule has 2 aliphatic rings. The molecule has 0 atom stereocenters. The number of aryl methyl sites for hydroxylation is 2. The van der Waals surface area contributed by atoms with Crippen LogP contribution in [0.1, 0.15) is 23.2 Å². The predicted molar refractivity (Wildman–Crippen MR) is 93.0 cm³/mol. The van der Waals surface area contributed by atoms with Crippen molar-refractivity contribution in [2.24, 2.45) is 0 Å². The third-order valence-electron chi connectivity index (χ3n) is 4.80. The van der Waals surface area contributed by atoms with Gasteiger partial charge in [0.05, 0.1) is 5.69 Å². The highest BCUT2D eigenvalue weighted by molar-refractivity contribution is 6.30. The van der Waals surface area contributed by atoms with Crippen LogP contribution in [0, 0.1) is 0 Å². The number of nitrogens with zero attached hydrogens (tertiary/aromatic N) is 4. The van der Waals surface area contributed by atoms with E-state index < -0.39 is 0 Å². The van der Waals surface area contributed by atoms with Gasteiger partial charge in [-0.15, -0.1) is 5.10 Å². The Balaban J connectivity index is 1.37. The molecule has 1 aliphatic carbocycles. The molecule has 1 aromatic carbocycles. The van der Waals surface area contributed by atoms with Crippen LogP contribution in [0.15, 0.2) is 30.3 Å². The van der Waals surface area contributed by atoms with Gasteiger partial charge >= 0.3 is 0 Å². The number of rotatable bonds is 3. The third-order valence-corrected chi connectivity index (χ3v) is 5.03. The third kappa shape index (κ3) is 3.33. The second-order valence-corrected chi connectivity index (χ2v) is 6.86. The van der Waals surface area contributed by atoms with Crippen LogP contribution in [-0.4, -0.2) is 41.3 Å². The lowest BCUT2D eigenvalue weighted by Gasteiger charge is -2.35. The van der Waals surface area contributed by atoms with Crippen molar-refractivity contribution in [2.75, 3.05) is 31.1 Å². The number of hydrogen-bond acceptors (Lipinski definition) is 4. The molecule has 1 saturated heterocycles. The van der Waals surface area contributed by atoms with Crippen LogP contribution in [0.2, 0.25) is 5.02 Å². The van der Waals surface area contributed by atoms with Crippen LogP contribution >= 0.6 is 11.6 Å². The minimum atomic E-state index is 0.814. The zero-order chi connectivity index (χ0) is 15.6. The highest BCUT2D eigenvalue weighted by atomic mass is 35.5. The summed E-state index contributed by atoms with van der Waals surface area (Å²) in [6, 6.07) is 10.4. The summed E-state index contributed by atoms with van der Waals surface area (Å²) in [6.45, 7) is 5.07. The van der Waals surface area contributed by atoms with E-state index in [0.717, 1.165) is 56.4 Å². The fourth-order valence-electron chi connectivity index (χ4n) is 3.50.